The molecule has 0 saturated carbocycles. The van der Waals surface area contributed by atoms with Gasteiger partial charge in [0, 0.05) is 25.2 Å². The van der Waals surface area contributed by atoms with Gasteiger partial charge in [-0.3, -0.25) is 4.79 Å². The van der Waals surface area contributed by atoms with E-state index < -0.39 is 15.9 Å². The van der Waals surface area contributed by atoms with Crippen molar-refractivity contribution in [3.05, 3.63) is 52.8 Å². The molecule has 0 fully saturated rings. The number of benzene rings is 2. The maximum Gasteiger partial charge on any atom is 0.279 e. The Morgan fingerprint density at radius 2 is 1.77 bits per heavy atom. The fraction of sp³-hybridized carbons (Fsp3) is 0.333. The zero-order chi connectivity index (χ0) is 21.9. The number of aryl methyl sites for hydroxylation is 1. The number of aromatic nitrogens is 1. The molecule has 0 N–H and O–H groups in total. The third-order valence-electron chi connectivity index (χ3n) is 4.85. The topological polar surface area (TPSA) is 81.0 Å². The monoisotopic (exact) mass is 447 g/mol. The van der Waals surface area contributed by atoms with E-state index in [4.69, 9.17) is 4.74 Å². The highest BCUT2D eigenvalue weighted by molar-refractivity contribution is 7.89. The third-order valence-corrected chi connectivity index (χ3v) is 7.95. The maximum atomic E-state index is 12.7. The second-order valence-corrected chi connectivity index (χ2v) is 9.44. The molecule has 0 saturated heterocycles. The van der Waals surface area contributed by atoms with E-state index in [1.54, 1.807) is 21.0 Å². The Kier molecular flexibility index (Phi) is 6.74. The van der Waals surface area contributed by atoms with Gasteiger partial charge in [-0.05, 0) is 49.4 Å². The Balaban J connectivity index is 1.97. The van der Waals surface area contributed by atoms with Crippen LogP contribution in [0.4, 0.5) is 0 Å². The standard InChI is InChI=1S/C21H25N3O4S2/c1-5-23(6-2)30(26,27)17-11-8-15(9-12-17)20(25)22-21-24(7-3)18-13-10-16(28-4)14-19(18)29-21/h8-14H,5-7H2,1-4H3. The third kappa shape index (κ3) is 4.19. The van der Waals surface area contributed by atoms with E-state index in [1.807, 2.05) is 29.7 Å². The summed E-state index contributed by atoms with van der Waals surface area (Å²) in [5.41, 5.74) is 1.32. The van der Waals surface area contributed by atoms with Crippen molar-refractivity contribution in [3.63, 3.8) is 0 Å². The van der Waals surface area contributed by atoms with Crippen molar-refractivity contribution in [1.82, 2.24) is 8.87 Å². The first-order valence-corrected chi connectivity index (χ1v) is 12.0. The highest BCUT2D eigenvalue weighted by atomic mass is 32.2. The van der Waals surface area contributed by atoms with Crippen LogP contribution >= 0.6 is 11.3 Å². The van der Waals surface area contributed by atoms with E-state index in [1.165, 1.54) is 39.9 Å². The number of hydrogen-bond acceptors (Lipinski definition) is 5. The minimum absolute atomic E-state index is 0.167. The van der Waals surface area contributed by atoms with E-state index in [9.17, 15) is 13.2 Å². The van der Waals surface area contributed by atoms with E-state index in [0.29, 0.717) is 30.0 Å². The number of amides is 1. The summed E-state index contributed by atoms with van der Waals surface area (Å²) >= 11 is 1.41. The van der Waals surface area contributed by atoms with Crippen LogP contribution in [0.15, 0.2) is 52.4 Å². The van der Waals surface area contributed by atoms with Gasteiger partial charge in [-0.15, -0.1) is 0 Å². The molecule has 0 aliphatic rings. The molecule has 0 unspecified atom stereocenters. The Bertz CT molecular complexity index is 1220. The lowest BCUT2D eigenvalue weighted by Gasteiger charge is -2.18. The van der Waals surface area contributed by atoms with Crippen LogP contribution in [0, 0.1) is 0 Å². The summed E-state index contributed by atoms with van der Waals surface area (Å²) in [6.07, 6.45) is 0. The van der Waals surface area contributed by atoms with Gasteiger partial charge in [0.2, 0.25) is 10.0 Å². The number of sulfonamides is 1. The molecule has 1 heterocycles. The zero-order valence-electron chi connectivity index (χ0n) is 17.5. The summed E-state index contributed by atoms with van der Waals surface area (Å²) in [7, 11) is -1.95. The van der Waals surface area contributed by atoms with Crippen molar-refractivity contribution in [2.45, 2.75) is 32.2 Å². The summed E-state index contributed by atoms with van der Waals surface area (Å²) in [5.74, 6) is 0.331. The van der Waals surface area contributed by atoms with Gasteiger partial charge in [-0.2, -0.15) is 9.30 Å². The summed E-state index contributed by atoms with van der Waals surface area (Å²) in [4.78, 5) is 17.8. The lowest BCUT2D eigenvalue weighted by molar-refractivity contribution is 0.0997. The minimum atomic E-state index is -3.56. The van der Waals surface area contributed by atoms with Gasteiger partial charge >= 0.3 is 0 Å². The van der Waals surface area contributed by atoms with Gasteiger partial charge < -0.3 is 9.30 Å². The molecule has 3 aromatic rings. The predicted molar refractivity (Wildman–Crippen MR) is 118 cm³/mol. The van der Waals surface area contributed by atoms with E-state index in [0.717, 1.165) is 16.0 Å². The van der Waals surface area contributed by atoms with Crippen LogP contribution < -0.4 is 9.54 Å². The molecule has 3 rings (SSSR count). The molecule has 1 amide bonds. The molecule has 0 radical (unpaired) electrons. The highest BCUT2D eigenvalue weighted by Crippen LogP contribution is 2.23. The number of ether oxygens (including phenoxy) is 1. The lowest BCUT2D eigenvalue weighted by atomic mass is 10.2. The molecular formula is C21H25N3O4S2. The van der Waals surface area contributed by atoms with E-state index in [2.05, 4.69) is 4.99 Å². The molecule has 0 spiro atoms. The first-order valence-electron chi connectivity index (χ1n) is 9.72. The molecule has 0 bridgehead atoms. The smallest absolute Gasteiger partial charge is 0.279 e. The predicted octanol–water partition coefficient (Wildman–Crippen LogP) is 3.50. The lowest BCUT2D eigenvalue weighted by Crippen LogP contribution is -2.30. The fourth-order valence-corrected chi connectivity index (χ4v) is 5.78. The van der Waals surface area contributed by atoms with Gasteiger partial charge in [-0.25, -0.2) is 8.42 Å². The van der Waals surface area contributed by atoms with Crippen molar-refractivity contribution < 1.29 is 17.9 Å². The van der Waals surface area contributed by atoms with Crippen LogP contribution in [-0.4, -0.2) is 43.4 Å². The molecule has 7 nitrogen and oxygen atoms in total. The number of carbonyl (C=O) groups excluding carboxylic acids is 1. The van der Waals surface area contributed by atoms with Crippen molar-refractivity contribution >= 4 is 37.5 Å². The van der Waals surface area contributed by atoms with E-state index >= 15 is 0 Å². The molecule has 9 heteroatoms. The minimum Gasteiger partial charge on any atom is -0.497 e. The number of methoxy groups -OCH3 is 1. The molecule has 0 aliphatic carbocycles. The molecule has 0 aliphatic heterocycles. The van der Waals surface area contributed by atoms with E-state index in [-0.39, 0.29) is 4.90 Å². The zero-order valence-corrected chi connectivity index (χ0v) is 19.1. The van der Waals surface area contributed by atoms with Crippen LogP contribution in [0.3, 0.4) is 0 Å². The molecular weight excluding hydrogens is 422 g/mol. The molecule has 160 valence electrons. The first kappa shape index (κ1) is 22.2. The Morgan fingerprint density at radius 3 is 2.33 bits per heavy atom. The van der Waals surface area contributed by atoms with Crippen LogP contribution in [0.25, 0.3) is 10.2 Å². The SMILES string of the molecule is CCN(CC)S(=O)(=O)c1ccc(C(=O)N=c2sc3cc(OC)ccc3n2CC)cc1. The molecule has 1 aromatic heterocycles. The first-order chi connectivity index (χ1) is 14.3. The summed E-state index contributed by atoms with van der Waals surface area (Å²) in [6.45, 7) is 7.03. The van der Waals surface area contributed by atoms with Gasteiger partial charge in [-0.1, -0.05) is 25.2 Å². The van der Waals surface area contributed by atoms with Crippen molar-refractivity contribution in [3.8, 4) is 5.75 Å². The van der Waals surface area contributed by atoms with Gasteiger partial charge in [0.05, 0.1) is 22.2 Å². The Morgan fingerprint density at radius 1 is 1.10 bits per heavy atom. The number of nitrogens with zero attached hydrogens (tertiary/aromatic N) is 3. The van der Waals surface area contributed by atoms with Crippen LogP contribution in [0.2, 0.25) is 0 Å². The van der Waals surface area contributed by atoms with Gasteiger partial charge in [0.15, 0.2) is 4.80 Å². The highest BCUT2D eigenvalue weighted by Gasteiger charge is 2.21. The second kappa shape index (κ2) is 9.11. The number of fused-ring (bicyclic) bond motifs is 1. The maximum absolute atomic E-state index is 12.7. The average Bonchev–Trinajstić information content (AvgIpc) is 3.10. The van der Waals surface area contributed by atoms with Crippen molar-refractivity contribution in [2.24, 2.45) is 4.99 Å². The normalized spacial score (nSPS) is 12.6. The Labute approximate surface area is 180 Å². The quantitative estimate of drug-likeness (QED) is 0.555. The van der Waals surface area contributed by atoms with Gasteiger partial charge in [0.25, 0.3) is 5.91 Å². The largest absolute Gasteiger partial charge is 0.497 e. The van der Waals surface area contributed by atoms with Crippen LogP contribution in [0.5, 0.6) is 5.75 Å². The Hall–Kier alpha value is -2.49. The fourth-order valence-electron chi connectivity index (χ4n) is 3.20. The van der Waals surface area contributed by atoms with Gasteiger partial charge in [0.1, 0.15) is 5.75 Å². The number of hydrogen-bond donors (Lipinski definition) is 0. The summed E-state index contributed by atoms with van der Waals surface area (Å²) in [5, 5.41) is 0. The number of rotatable bonds is 7. The molecule has 0 atom stereocenters. The van der Waals surface area contributed by atoms with Crippen LogP contribution in [0.1, 0.15) is 31.1 Å². The molecule has 30 heavy (non-hydrogen) atoms. The van der Waals surface area contributed by atoms with Crippen molar-refractivity contribution in [1.29, 1.82) is 0 Å². The second-order valence-electron chi connectivity index (χ2n) is 6.49. The number of thiazole rings is 1. The molecule has 2 aromatic carbocycles. The summed E-state index contributed by atoms with van der Waals surface area (Å²) in [6, 6.07) is 11.7. The number of carbonyl (C=O) groups is 1. The summed E-state index contributed by atoms with van der Waals surface area (Å²) < 4.78 is 34.8. The van der Waals surface area contributed by atoms with Crippen LogP contribution in [-0.2, 0) is 16.6 Å². The van der Waals surface area contributed by atoms with Crippen molar-refractivity contribution in [2.75, 3.05) is 20.2 Å². The average molecular weight is 448 g/mol.